The molecule has 2 atom stereocenters. The molecular weight excluding hydrogens is 278 g/mol. The molecule has 0 heterocycles. The minimum atomic E-state index is -0.361. The molecule has 0 aliphatic heterocycles. The van der Waals surface area contributed by atoms with Crippen LogP contribution in [-0.2, 0) is 9.59 Å². The van der Waals surface area contributed by atoms with Crippen LogP contribution >= 0.6 is 0 Å². The van der Waals surface area contributed by atoms with Crippen molar-refractivity contribution in [2.75, 3.05) is 13.6 Å². The van der Waals surface area contributed by atoms with Gasteiger partial charge in [0.05, 0.1) is 7.05 Å². The van der Waals surface area contributed by atoms with E-state index < -0.39 is 0 Å². The molecule has 120 valence electrons. The summed E-state index contributed by atoms with van der Waals surface area (Å²) in [6.45, 7) is 4.14. The predicted octanol–water partition coefficient (Wildman–Crippen LogP) is 0.0456. The highest BCUT2D eigenvalue weighted by molar-refractivity contribution is 5.83. The highest BCUT2D eigenvalue weighted by atomic mass is 16.2. The molecule has 5 nitrogen and oxygen atoms in total. The number of rotatable bonds is 7. The Morgan fingerprint density at radius 3 is 2.41 bits per heavy atom. The van der Waals surface area contributed by atoms with Gasteiger partial charge in [-0.25, -0.2) is 0 Å². The molecule has 1 aromatic carbocycles. The van der Waals surface area contributed by atoms with E-state index in [0.29, 0.717) is 6.04 Å². The second-order valence-corrected chi connectivity index (χ2v) is 6.37. The average Bonchev–Trinajstić information content (AvgIpc) is 3.22. The molecule has 0 bridgehead atoms. The lowest BCUT2D eigenvalue weighted by Crippen LogP contribution is -3.11. The Morgan fingerprint density at radius 1 is 1.23 bits per heavy atom. The SMILES string of the molecule is CC(C)NC(=O)C[NH+](C)[C@@H](C(=O)NC1CC1)c1ccccc1. The van der Waals surface area contributed by atoms with Crippen molar-refractivity contribution in [2.24, 2.45) is 0 Å². The number of likely N-dealkylation sites (N-methyl/N-ethyl adjacent to an activating group) is 1. The quantitative estimate of drug-likeness (QED) is 0.666. The van der Waals surface area contributed by atoms with Gasteiger partial charge < -0.3 is 15.5 Å². The molecule has 0 radical (unpaired) electrons. The fraction of sp³-hybridized carbons (Fsp3) is 0.529. The molecule has 1 aliphatic rings. The lowest BCUT2D eigenvalue weighted by molar-refractivity contribution is -0.894. The molecule has 0 saturated heterocycles. The van der Waals surface area contributed by atoms with E-state index in [1.165, 1.54) is 0 Å². The molecule has 2 rings (SSSR count). The second kappa shape index (κ2) is 7.40. The van der Waals surface area contributed by atoms with Crippen LogP contribution in [0.1, 0.15) is 38.3 Å². The van der Waals surface area contributed by atoms with E-state index in [-0.39, 0.29) is 30.4 Å². The van der Waals surface area contributed by atoms with Crippen LogP contribution in [0, 0.1) is 0 Å². The van der Waals surface area contributed by atoms with Crippen LogP contribution < -0.4 is 15.5 Å². The molecule has 0 aromatic heterocycles. The molecule has 1 aromatic rings. The van der Waals surface area contributed by atoms with Gasteiger partial charge in [-0.3, -0.25) is 9.59 Å². The topological polar surface area (TPSA) is 62.6 Å². The fourth-order valence-electron chi connectivity index (χ4n) is 2.55. The number of carbonyl (C=O) groups excluding carboxylic acids is 2. The van der Waals surface area contributed by atoms with Crippen LogP contribution in [0.3, 0.4) is 0 Å². The van der Waals surface area contributed by atoms with Gasteiger partial charge in [0.25, 0.3) is 11.8 Å². The molecule has 1 saturated carbocycles. The molecule has 3 N–H and O–H groups in total. The van der Waals surface area contributed by atoms with Crippen LogP contribution in [0.5, 0.6) is 0 Å². The van der Waals surface area contributed by atoms with Crippen LogP contribution in [-0.4, -0.2) is 37.5 Å². The van der Waals surface area contributed by atoms with Gasteiger partial charge in [0.1, 0.15) is 0 Å². The van der Waals surface area contributed by atoms with E-state index in [1.54, 1.807) is 0 Å². The van der Waals surface area contributed by atoms with Crippen molar-refractivity contribution in [1.29, 1.82) is 0 Å². The molecule has 22 heavy (non-hydrogen) atoms. The standard InChI is InChI=1S/C17H25N3O2/c1-12(2)18-15(21)11-20(3)16(13-7-5-4-6-8-13)17(22)19-14-9-10-14/h4-8,12,14,16H,9-11H2,1-3H3,(H,18,21)(H,19,22)/p+1/t16-/m1/s1. The maximum Gasteiger partial charge on any atom is 0.283 e. The lowest BCUT2D eigenvalue weighted by atomic mass is 10.0. The third-order valence-corrected chi connectivity index (χ3v) is 3.70. The van der Waals surface area contributed by atoms with Gasteiger partial charge in [0, 0.05) is 17.6 Å². The van der Waals surface area contributed by atoms with Gasteiger partial charge in [-0.15, -0.1) is 0 Å². The Labute approximate surface area is 132 Å². The van der Waals surface area contributed by atoms with Gasteiger partial charge in [0.15, 0.2) is 12.6 Å². The molecule has 0 spiro atoms. The van der Waals surface area contributed by atoms with E-state index in [0.717, 1.165) is 23.3 Å². The summed E-state index contributed by atoms with van der Waals surface area (Å²) in [6, 6.07) is 9.73. The summed E-state index contributed by atoms with van der Waals surface area (Å²) in [6.07, 6.45) is 2.11. The molecule has 5 heteroatoms. The third-order valence-electron chi connectivity index (χ3n) is 3.70. The summed E-state index contributed by atoms with van der Waals surface area (Å²) in [5, 5.41) is 5.94. The van der Waals surface area contributed by atoms with Gasteiger partial charge >= 0.3 is 0 Å². The summed E-state index contributed by atoms with van der Waals surface area (Å²) >= 11 is 0. The van der Waals surface area contributed by atoms with E-state index in [9.17, 15) is 9.59 Å². The Kier molecular flexibility index (Phi) is 5.55. The maximum atomic E-state index is 12.6. The monoisotopic (exact) mass is 304 g/mol. The van der Waals surface area contributed by atoms with Crippen LogP contribution in [0.15, 0.2) is 30.3 Å². The number of nitrogens with one attached hydrogen (secondary N) is 3. The molecule has 1 aliphatic carbocycles. The highest BCUT2D eigenvalue weighted by Crippen LogP contribution is 2.20. The van der Waals surface area contributed by atoms with Gasteiger partial charge in [-0.2, -0.15) is 0 Å². The Balaban J connectivity index is 2.08. The second-order valence-electron chi connectivity index (χ2n) is 6.37. The Bertz CT molecular complexity index is 512. The minimum Gasteiger partial charge on any atom is -0.349 e. The summed E-state index contributed by atoms with van der Waals surface area (Å²) in [5.74, 6) is -0.0313. The van der Waals surface area contributed by atoms with E-state index in [1.807, 2.05) is 51.2 Å². The van der Waals surface area contributed by atoms with Gasteiger partial charge in [-0.05, 0) is 26.7 Å². The van der Waals surface area contributed by atoms with Gasteiger partial charge in [-0.1, -0.05) is 30.3 Å². The molecule has 1 fully saturated rings. The smallest absolute Gasteiger partial charge is 0.283 e. The van der Waals surface area contributed by atoms with E-state index in [4.69, 9.17) is 0 Å². The number of hydrogen-bond donors (Lipinski definition) is 3. The Hall–Kier alpha value is -1.88. The Morgan fingerprint density at radius 2 is 1.86 bits per heavy atom. The van der Waals surface area contributed by atoms with Crippen LogP contribution in [0.4, 0.5) is 0 Å². The van der Waals surface area contributed by atoms with E-state index >= 15 is 0 Å². The molecule has 2 amide bonds. The van der Waals surface area contributed by atoms with Crippen molar-refractivity contribution in [3.05, 3.63) is 35.9 Å². The number of hydrogen-bond acceptors (Lipinski definition) is 2. The first-order valence-corrected chi connectivity index (χ1v) is 7.94. The van der Waals surface area contributed by atoms with Crippen LogP contribution in [0.2, 0.25) is 0 Å². The zero-order valence-corrected chi connectivity index (χ0v) is 13.6. The normalized spacial score (nSPS) is 16.9. The van der Waals surface area contributed by atoms with Gasteiger partial charge in [0.2, 0.25) is 0 Å². The summed E-state index contributed by atoms with van der Waals surface area (Å²) in [7, 11) is 1.89. The largest absolute Gasteiger partial charge is 0.349 e. The lowest BCUT2D eigenvalue weighted by Gasteiger charge is -2.24. The van der Waals surface area contributed by atoms with Crippen molar-refractivity contribution in [2.45, 2.75) is 44.8 Å². The van der Waals surface area contributed by atoms with Crippen molar-refractivity contribution in [3.63, 3.8) is 0 Å². The first-order valence-electron chi connectivity index (χ1n) is 7.94. The number of quaternary nitrogens is 1. The fourth-order valence-corrected chi connectivity index (χ4v) is 2.55. The number of benzene rings is 1. The summed E-state index contributed by atoms with van der Waals surface area (Å²) < 4.78 is 0. The first kappa shape index (κ1) is 16.5. The summed E-state index contributed by atoms with van der Waals surface area (Å²) in [4.78, 5) is 25.4. The first-order chi connectivity index (χ1) is 10.5. The average molecular weight is 304 g/mol. The van der Waals surface area contributed by atoms with E-state index in [2.05, 4.69) is 10.6 Å². The minimum absolute atomic E-state index is 0.00328. The molecule has 1 unspecified atom stereocenters. The highest BCUT2D eigenvalue weighted by Gasteiger charge is 2.34. The maximum absolute atomic E-state index is 12.6. The van der Waals surface area contributed by atoms with Crippen molar-refractivity contribution < 1.29 is 14.5 Å². The molecular formula is C17H26N3O2+. The zero-order chi connectivity index (χ0) is 16.1. The number of amides is 2. The predicted molar refractivity (Wildman–Crippen MR) is 85.4 cm³/mol. The van der Waals surface area contributed by atoms with Crippen LogP contribution in [0.25, 0.3) is 0 Å². The number of carbonyl (C=O) groups is 2. The van der Waals surface area contributed by atoms with Crippen molar-refractivity contribution >= 4 is 11.8 Å². The van der Waals surface area contributed by atoms with Crippen molar-refractivity contribution in [3.8, 4) is 0 Å². The third kappa shape index (κ3) is 4.84. The zero-order valence-electron chi connectivity index (χ0n) is 13.6. The summed E-state index contributed by atoms with van der Waals surface area (Å²) in [5.41, 5.74) is 0.940. The van der Waals surface area contributed by atoms with Crippen molar-refractivity contribution in [1.82, 2.24) is 10.6 Å².